The van der Waals surface area contributed by atoms with E-state index in [0.29, 0.717) is 17.0 Å². The number of likely N-dealkylation sites (N-methyl/N-ethyl adjacent to an activating group) is 1. The second kappa shape index (κ2) is 7.65. The SMILES string of the molecule is CN1C(=O)/C(=C/n2cnc(-c3cc(C(F)(F)F)cc(C(F)(F)F)c3)n2)N(CC(N)=O)C1=O. The summed E-state index contributed by atoms with van der Waals surface area (Å²) in [6, 6.07) is -0.0185. The summed E-state index contributed by atoms with van der Waals surface area (Å²) in [5.74, 6) is -2.29. The largest absolute Gasteiger partial charge is 0.416 e. The molecule has 1 aromatic carbocycles. The van der Waals surface area contributed by atoms with Gasteiger partial charge in [0.15, 0.2) is 5.82 Å². The fraction of sp³-hybridized carbons (Fsp3) is 0.235. The first kappa shape index (κ1) is 22.8. The maximum absolute atomic E-state index is 13.1. The number of hydrogen-bond acceptors (Lipinski definition) is 5. The van der Waals surface area contributed by atoms with Crippen LogP contribution in [0.3, 0.4) is 0 Å². The first-order valence-corrected chi connectivity index (χ1v) is 8.49. The number of carbonyl (C=O) groups is 3. The number of carbonyl (C=O) groups excluding carboxylic acids is 3. The molecule has 32 heavy (non-hydrogen) atoms. The molecule has 15 heteroatoms. The highest BCUT2D eigenvalue weighted by Crippen LogP contribution is 2.38. The molecule has 1 fully saturated rings. The second-order valence-electron chi connectivity index (χ2n) is 6.56. The van der Waals surface area contributed by atoms with E-state index < -0.39 is 59.3 Å². The van der Waals surface area contributed by atoms with Crippen molar-refractivity contribution in [2.75, 3.05) is 13.6 Å². The van der Waals surface area contributed by atoms with Gasteiger partial charge in [-0.3, -0.25) is 19.4 Å². The average Bonchev–Trinajstić information content (AvgIpc) is 3.22. The Bertz CT molecular complexity index is 1100. The van der Waals surface area contributed by atoms with Crippen LogP contribution in [-0.4, -0.2) is 56.0 Å². The van der Waals surface area contributed by atoms with Crippen LogP contribution in [0.1, 0.15) is 11.1 Å². The van der Waals surface area contributed by atoms with E-state index in [1.54, 1.807) is 0 Å². The Morgan fingerprint density at radius 2 is 1.62 bits per heavy atom. The number of aromatic nitrogens is 3. The van der Waals surface area contributed by atoms with Crippen LogP contribution in [0.25, 0.3) is 17.6 Å². The van der Waals surface area contributed by atoms with Crippen LogP contribution in [0.5, 0.6) is 0 Å². The standard InChI is InChI=1S/C17H12F6N6O3/c1-27-14(31)11(29(15(27)32)6-12(24)30)5-28-7-25-13(26-28)8-2-9(16(18,19)20)4-10(3-8)17(21,22)23/h2-5,7H,6H2,1H3,(H2,24,30)/b11-5-. The molecule has 0 aliphatic carbocycles. The van der Waals surface area contributed by atoms with Gasteiger partial charge in [-0.2, -0.15) is 26.3 Å². The number of imide groups is 1. The van der Waals surface area contributed by atoms with E-state index in [-0.39, 0.29) is 11.8 Å². The van der Waals surface area contributed by atoms with Crippen molar-refractivity contribution in [1.29, 1.82) is 0 Å². The monoisotopic (exact) mass is 462 g/mol. The topological polar surface area (TPSA) is 114 Å². The molecular weight excluding hydrogens is 450 g/mol. The van der Waals surface area contributed by atoms with Crippen molar-refractivity contribution in [3.05, 3.63) is 41.4 Å². The molecule has 0 bridgehead atoms. The molecule has 1 saturated heterocycles. The average molecular weight is 462 g/mol. The van der Waals surface area contributed by atoms with E-state index in [1.165, 1.54) is 0 Å². The minimum Gasteiger partial charge on any atom is -0.368 e. The minimum absolute atomic E-state index is 0.0389. The number of amides is 4. The van der Waals surface area contributed by atoms with Gasteiger partial charge in [-0.25, -0.2) is 14.5 Å². The molecule has 170 valence electrons. The van der Waals surface area contributed by atoms with Gasteiger partial charge >= 0.3 is 18.4 Å². The zero-order chi connectivity index (χ0) is 24.0. The Labute approximate surface area is 174 Å². The van der Waals surface area contributed by atoms with Crippen LogP contribution in [0, 0.1) is 0 Å². The lowest BCUT2D eigenvalue weighted by atomic mass is 10.0. The number of hydrogen-bond donors (Lipinski definition) is 1. The summed E-state index contributed by atoms with van der Waals surface area (Å²) in [7, 11) is 1.13. The third-order valence-electron chi connectivity index (χ3n) is 4.26. The van der Waals surface area contributed by atoms with Crippen molar-refractivity contribution >= 4 is 24.0 Å². The summed E-state index contributed by atoms with van der Waals surface area (Å²) in [5, 5.41) is 3.76. The van der Waals surface area contributed by atoms with Crippen LogP contribution in [0.15, 0.2) is 30.2 Å². The van der Waals surface area contributed by atoms with Gasteiger partial charge in [-0.15, -0.1) is 5.10 Å². The van der Waals surface area contributed by atoms with Crippen LogP contribution in [0.2, 0.25) is 0 Å². The van der Waals surface area contributed by atoms with Crippen molar-refractivity contribution in [2.45, 2.75) is 12.4 Å². The van der Waals surface area contributed by atoms with Gasteiger partial charge in [0.05, 0.1) is 17.3 Å². The molecule has 0 atom stereocenters. The van der Waals surface area contributed by atoms with E-state index in [1.807, 2.05) is 0 Å². The third-order valence-corrected chi connectivity index (χ3v) is 4.26. The highest BCUT2D eigenvalue weighted by atomic mass is 19.4. The van der Waals surface area contributed by atoms with E-state index in [0.717, 1.165) is 29.2 Å². The zero-order valence-corrected chi connectivity index (χ0v) is 15.9. The predicted molar refractivity (Wildman–Crippen MR) is 93.8 cm³/mol. The van der Waals surface area contributed by atoms with Crippen molar-refractivity contribution in [2.24, 2.45) is 5.73 Å². The van der Waals surface area contributed by atoms with Crippen molar-refractivity contribution < 1.29 is 40.7 Å². The summed E-state index contributed by atoms with van der Waals surface area (Å²) in [5.41, 5.74) is 1.01. The molecule has 0 saturated carbocycles. The van der Waals surface area contributed by atoms with E-state index >= 15 is 0 Å². The van der Waals surface area contributed by atoms with Crippen molar-refractivity contribution in [3.63, 3.8) is 0 Å². The molecule has 0 spiro atoms. The number of nitrogens with zero attached hydrogens (tertiary/aromatic N) is 5. The summed E-state index contributed by atoms with van der Waals surface area (Å²) in [4.78, 5) is 40.6. The van der Waals surface area contributed by atoms with Gasteiger partial charge in [0.25, 0.3) is 5.91 Å². The molecule has 1 aliphatic heterocycles. The van der Waals surface area contributed by atoms with Crippen LogP contribution >= 0.6 is 0 Å². The van der Waals surface area contributed by atoms with E-state index in [2.05, 4.69) is 10.1 Å². The molecule has 9 nitrogen and oxygen atoms in total. The highest BCUT2D eigenvalue weighted by Gasteiger charge is 2.40. The maximum atomic E-state index is 13.1. The molecule has 2 aromatic rings. The van der Waals surface area contributed by atoms with Gasteiger partial charge in [-0.1, -0.05) is 0 Å². The van der Waals surface area contributed by atoms with Gasteiger partial charge in [0.1, 0.15) is 18.6 Å². The molecular formula is C17H12F6N6O3. The molecule has 0 unspecified atom stereocenters. The number of benzene rings is 1. The number of urea groups is 1. The lowest BCUT2D eigenvalue weighted by molar-refractivity contribution is -0.143. The van der Waals surface area contributed by atoms with Gasteiger partial charge in [0, 0.05) is 12.6 Å². The number of primary amides is 1. The van der Waals surface area contributed by atoms with E-state index in [4.69, 9.17) is 5.73 Å². The van der Waals surface area contributed by atoms with Gasteiger partial charge in [0.2, 0.25) is 5.91 Å². The molecule has 2 N–H and O–H groups in total. The van der Waals surface area contributed by atoms with Crippen molar-refractivity contribution in [1.82, 2.24) is 24.6 Å². The van der Waals surface area contributed by atoms with E-state index in [9.17, 15) is 40.7 Å². The smallest absolute Gasteiger partial charge is 0.368 e. The number of nitrogens with two attached hydrogens (primary N) is 1. The van der Waals surface area contributed by atoms with Crippen molar-refractivity contribution in [3.8, 4) is 11.4 Å². The quantitative estimate of drug-likeness (QED) is 0.425. The summed E-state index contributed by atoms with van der Waals surface area (Å²) < 4.78 is 79.1. The Balaban J connectivity index is 2.04. The first-order valence-electron chi connectivity index (χ1n) is 8.49. The third kappa shape index (κ3) is 4.40. The van der Waals surface area contributed by atoms with Crippen LogP contribution in [0.4, 0.5) is 31.1 Å². The van der Waals surface area contributed by atoms with Gasteiger partial charge in [-0.05, 0) is 18.2 Å². The van der Waals surface area contributed by atoms with Gasteiger partial charge < -0.3 is 5.73 Å². The lowest BCUT2D eigenvalue weighted by Gasteiger charge is -2.13. The first-order chi connectivity index (χ1) is 14.7. The minimum atomic E-state index is -5.06. The van der Waals surface area contributed by atoms with Crippen LogP contribution in [-0.2, 0) is 21.9 Å². The Kier molecular flexibility index (Phi) is 5.44. The number of halogens is 6. The zero-order valence-electron chi connectivity index (χ0n) is 15.9. The lowest BCUT2D eigenvalue weighted by Crippen LogP contribution is -2.36. The molecule has 1 aromatic heterocycles. The molecule has 0 radical (unpaired) electrons. The Morgan fingerprint density at radius 3 is 2.12 bits per heavy atom. The summed E-state index contributed by atoms with van der Waals surface area (Å²) >= 11 is 0. The molecule has 3 rings (SSSR count). The Hall–Kier alpha value is -3.91. The molecule has 2 heterocycles. The summed E-state index contributed by atoms with van der Waals surface area (Å²) in [6.45, 7) is -0.648. The maximum Gasteiger partial charge on any atom is 0.416 e. The second-order valence-corrected chi connectivity index (χ2v) is 6.56. The Morgan fingerprint density at radius 1 is 1.06 bits per heavy atom. The number of alkyl halides is 6. The number of rotatable bonds is 4. The summed E-state index contributed by atoms with van der Waals surface area (Å²) in [6.07, 6.45) is -8.29. The predicted octanol–water partition coefficient (Wildman–Crippen LogP) is 2.16. The highest BCUT2D eigenvalue weighted by molar-refractivity contribution is 6.13. The molecule has 1 aliphatic rings. The fourth-order valence-corrected chi connectivity index (χ4v) is 2.77. The molecule has 4 amide bonds. The fourth-order valence-electron chi connectivity index (χ4n) is 2.77. The van der Waals surface area contributed by atoms with Crippen LogP contribution < -0.4 is 5.73 Å². The normalized spacial score (nSPS) is 16.4.